The van der Waals surface area contributed by atoms with Gasteiger partial charge in [-0.25, -0.2) is 8.42 Å². The van der Waals surface area contributed by atoms with Crippen molar-refractivity contribution in [3.05, 3.63) is 0 Å². The number of piperidine rings is 1. The van der Waals surface area contributed by atoms with Crippen LogP contribution in [-0.4, -0.2) is 50.0 Å². The SMILES string of the molecule is Cl.Cl.NC1CS(=O)(=O)CC1N1CCCCC1. The van der Waals surface area contributed by atoms with Gasteiger partial charge in [-0.2, -0.15) is 0 Å². The first-order valence-electron chi connectivity index (χ1n) is 5.28. The fraction of sp³-hybridized carbons (Fsp3) is 1.00. The predicted molar refractivity (Wildman–Crippen MR) is 70.3 cm³/mol. The summed E-state index contributed by atoms with van der Waals surface area (Å²) in [5, 5.41) is 0. The lowest BCUT2D eigenvalue weighted by atomic mass is 10.1. The zero-order valence-electron chi connectivity index (χ0n) is 9.17. The van der Waals surface area contributed by atoms with Crippen molar-refractivity contribution >= 4 is 34.7 Å². The van der Waals surface area contributed by atoms with Crippen molar-refractivity contribution in [2.24, 2.45) is 5.73 Å². The van der Waals surface area contributed by atoms with Gasteiger partial charge < -0.3 is 5.73 Å². The third-order valence-electron chi connectivity index (χ3n) is 3.22. The van der Waals surface area contributed by atoms with Crippen molar-refractivity contribution in [2.75, 3.05) is 24.6 Å². The van der Waals surface area contributed by atoms with Gasteiger partial charge in [-0.15, -0.1) is 24.8 Å². The normalized spacial score (nSPS) is 33.8. The molecule has 2 rings (SSSR count). The Balaban J connectivity index is 0.00000112. The van der Waals surface area contributed by atoms with Crippen molar-refractivity contribution in [2.45, 2.75) is 31.3 Å². The number of nitrogens with two attached hydrogens (primary N) is 1. The Morgan fingerprint density at radius 3 is 2.00 bits per heavy atom. The molecule has 4 nitrogen and oxygen atoms in total. The molecule has 2 unspecified atom stereocenters. The summed E-state index contributed by atoms with van der Waals surface area (Å²) in [6.07, 6.45) is 3.64. The van der Waals surface area contributed by atoms with Crippen molar-refractivity contribution in [1.82, 2.24) is 4.90 Å². The van der Waals surface area contributed by atoms with E-state index in [0.717, 1.165) is 13.1 Å². The maximum Gasteiger partial charge on any atom is 0.153 e. The van der Waals surface area contributed by atoms with E-state index < -0.39 is 9.84 Å². The first-order valence-corrected chi connectivity index (χ1v) is 7.11. The highest BCUT2D eigenvalue weighted by Crippen LogP contribution is 2.20. The molecule has 2 aliphatic rings. The molecule has 7 heteroatoms. The van der Waals surface area contributed by atoms with E-state index in [2.05, 4.69) is 4.90 Å². The highest BCUT2D eigenvalue weighted by molar-refractivity contribution is 7.91. The summed E-state index contributed by atoms with van der Waals surface area (Å²) < 4.78 is 22.8. The van der Waals surface area contributed by atoms with E-state index in [4.69, 9.17) is 5.73 Å². The third kappa shape index (κ3) is 3.74. The summed E-state index contributed by atoms with van der Waals surface area (Å²) in [5.74, 6) is 0.447. The quantitative estimate of drug-likeness (QED) is 0.761. The van der Waals surface area contributed by atoms with Crippen LogP contribution in [0, 0.1) is 0 Å². The maximum absolute atomic E-state index is 11.4. The van der Waals surface area contributed by atoms with E-state index in [1.165, 1.54) is 19.3 Å². The van der Waals surface area contributed by atoms with Crippen LogP contribution in [0.2, 0.25) is 0 Å². The van der Waals surface area contributed by atoms with Gasteiger partial charge in [0.05, 0.1) is 11.5 Å². The van der Waals surface area contributed by atoms with Crippen LogP contribution in [-0.2, 0) is 9.84 Å². The molecule has 2 saturated heterocycles. The van der Waals surface area contributed by atoms with Gasteiger partial charge in [0.25, 0.3) is 0 Å². The van der Waals surface area contributed by atoms with E-state index >= 15 is 0 Å². The van der Waals surface area contributed by atoms with E-state index in [1.54, 1.807) is 0 Å². The number of nitrogens with zero attached hydrogens (tertiary/aromatic N) is 1. The molecule has 0 aromatic carbocycles. The lowest BCUT2D eigenvalue weighted by Gasteiger charge is -2.33. The van der Waals surface area contributed by atoms with Crippen molar-refractivity contribution in [3.63, 3.8) is 0 Å². The Bertz CT molecular complexity index is 305. The Labute approximate surface area is 110 Å². The number of sulfone groups is 1. The lowest BCUT2D eigenvalue weighted by molar-refractivity contribution is 0.166. The summed E-state index contributed by atoms with van der Waals surface area (Å²) in [6.45, 7) is 2.04. The Hall–Kier alpha value is 0.450. The monoisotopic (exact) mass is 290 g/mol. The molecule has 0 bridgehead atoms. The van der Waals surface area contributed by atoms with Crippen LogP contribution in [0.15, 0.2) is 0 Å². The highest BCUT2D eigenvalue weighted by atomic mass is 35.5. The number of hydrogen-bond acceptors (Lipinski definition) is 4. The van der Waals surface area contributed by atoms with E-state index in [9.17, 15) is 8.42 Å². The highest BCUT2D eigenvalue weighted by Gasteiger charge is 2.38. The summed E-state index contributed by atoms with van der Waals surface area (Å²) >= 11 is 0. The van der Waals surface area contributed by atoms with Crippen molar-refractivity contribution in [3.8, 4) is 0 Å². The first-order chi connectivity index (χ1) is 6.58. The molecule has 0 amide bonds. The molecule has 2 fully saturated rings. The van der Waals surface area contributed by atoms with E-state index in [-0.39, 0.29) is 48.4 Å². The molecule has 2 aliphatic heterocycles. The van der Waals surface area contributed by atoms with Gasteiger partial charge in [-0.1, -0.05) is 6.42 Å². The Morgan fingerprint density at radius 2 is 1.56 bits per heavy atom. The molecule has 16 heavy (non-hydrogen) atoms. The van der Waals surface area contributed by atoms with Gasteiger partial charge in [-0.3, -0.25) is 4.90 Å². The standard InChI is InChI=1S/C9H18N2O2S.2ClH/c10-8-6-14(12,13)7-9(8)11-4-2-1-3-5-11;;/h8-9H,1-7,10H2;2*1H. The van der Waals surface area contributed by atoms with Gasteiger partial charge in [0.2, 0.25) is 0 Å². The van der Waals surface area contributed by atoms with Crippen LogP contribution >= 0.6 is 24.8 Å². The molecule has 2 heterocycles. The molecule has 98 valence electrons. The third-order valence-corrected chi connectivity index (χ3v) is 4.97. The maximum atomic E-state index is 11.4. The zero-order valence-corrected chi connectivity index (χ0v) is 11.6. The second-order valence-electron chi connectivity index (χ2n) is 4.40. The summed E-state index contributed by atoms with van der Waals surface area (Å²) in [5.41, 5.74) is 5.86. The van der Waals surface area contributed by atoms with Gasteiger partial charge in [-0.05, 0) is 25.9 Å². The summed E-state index contributed by atoms with van der Waals surface area (Å²) in [4.78, 5) is 2.26. The van der Waals surface area contributed by atoms with Gasteiger partial charge in [0.15, 0.2) is 9.84 Å². The van der Waals surface area contributed by atoms with Crippen molar-refractivity contribution in [1.29, 1.82) is 0 Å². The van der Waals surface area contributed by atoms with E-state index in [0.29, 0.717) is 0 Å². The molecular weight excluding hydrogens is 271 g/mol. The van der Waals surface area contributed by atoms with Gasteiger partial charge in [0.1, 0.15) is 0 Å². The van der Waals surface area contributed by atoms with Gasteiger partial charge in [0, 0.05) is 12.1 Å². The van der Waals surface area contributed by atoms with Gasteiger partial charge >= 0.3 is 0 Å². The second kappa shape index (κ2) is 6.40. The fourth-order valence-corrected chi connectivity index (χ4v) is 4.41. The van der Waals surface area contributed by atoms with Crippen LogP contribution in [0.25, 0.3) is 0 Å². The Morgan fingerprint density at radius 1 is 1.00 bits per heavy atom. The Kier molecular flexibility index (Phi) is 6.58. The second-order valence-corrected chi connectivity index (χ2v) is 6.56. The van der Waals surface area contributed by atoms with Crippen LogP contribution < -0.4 is 5.73 Å². The number of halogens is 2. The molecule has 0 aromatic heterocycles. The summed E-state index contributed by atoms with van der Waals surface area (Å²) in [6, 6.07) is -0.0848. The van der Waals surface area contributed by atoms with Crippen LogP contribution in [0.3, 0.4) is 0 Å². The predicted octanol–water partition coefficient (Wildman–Crippen LogP) is 0.440. The minimum atomic E-state index is -2.86. The minimum absolute atomic E-state index is 0. The van der Waals surface area contributed by atoms with Crippen molar-refractivity contribution < 1.29 is 8.42 Å². The average Bonchev–Trinajstić information content (AvgIpc) is 2.41. The lowest BCUT2D eigenvalue weighted by Crippen LogP contribution is -2.48. The molecule has 0 saturated carbocycles. The van der Waals surface area contributed by atoms with Crippen LogP contribution in [0.4, 0.5) is 0 Å². The first kappa shape index (κ1) is 16.4. The smallest absolute Gasteiger partial charge is 0.153 e. The molecule has 2 N–H and O–H groups in total. The molecule has 2 atom stereocenters. The van der Waals surface area contributed by atoms with Crippen LogP contribution in [0.5, 0.6) is 0 Å². The molecule has 0 aliphatic carbocycles. The fourth-order valence-electron chi connectivity index (χ4n) is 2.48. The topological polar surface area (TPSA) is 63.4 Å². The zero-order chi connectivity index (χ0) is 10.2. The summed E-state index contributed by atoms with van der Waals surface area (Å²) in [7, 11) is -2.86. The number of likely N-dealkylation sites (tertiary alicyclic amines) is 1. The largest absolute Gasteiger partial charge is 0.325 e. The van der Waals surface area contributed by atoms with E-state index in [1.807, 2.05) is 0 Å². The number of rotatable bonds is 1. The minimum Gasteiger partial charge on any atom is -0.325 e. The molecule has 0 spiro atoms. The van der Waals surface area contributed by atoms with Crippen LogP contribution in [0.1, 0.15) is 19.3 Å². The average molecular weight is 291 g/mol. The molecule has 0 radical (unpaired) electrons. The molecular formula is C9H20Cl2N2O2S. The molecule has 0 aromatic rings. The number of hydrogen-bond donors (Lipinski definition) is 1.